The maximum atomic E-state index is 11.6. The van der Waals surface area contributed by atoms with E-state index in [0.29, 0.717) is 5.75 Å². The molecule has 1 aromatic carbocycles. The van der Waals surface area contributed by atoms with Gasteiger partial charge in [-0.15, -0.1) is 0 Å². The lowest BCUT2D eigenvalue weighted by atomic mass is 9.91. The standard InChI is InChI=1S/C14H15N3O2/c1-17-10-6-9(13(16)14(8-15)4-5-14)2-3-11(10)19-7-12(17)18/h2-3,6,13H,4-5,7,16H2,1H3. The number of carbonyl (C=O) groups excluding carboxylic acids is 1. The van der Waals surface area contributed by atoms with Crippen molar-refractivity contribution in [2.75, 3.05) is 18.6 Å². The lowest BCUT2D eigenvalue weighted by Gasteiger charge is -2.27. The van der Waals surface area contributed by atoms with Gasteiger partial charge in [0, 0.05) is 13.1 Å². The molecule has 1 atom stereocenters. The topological polar surface area (TPSA) is 79.3 Å². The van der Waals surface area contributed by atoms with Crippen LogP contribution in [0.5, 0.6) is 5.75 Å². The van der Waals surface area contributed by atoms with Gasteiger partial charge in [0.2, 0.25) is 0 Å². The fourth-order valence-electron chi connectivity index (χ4n) is 2.43. The first-order valence-corrected chi connectivity index (χ1v) is 6.27. The number of hydrogen-bond donors (Lipinski definition) is 1. The molecule has 1 saturated carbocycles. The smallest absolute Gasteiger partial charge is 0.264 e. The highest BCUT2D eigenvalue weighted by Crippen LogP contribution is 2.53. The molecule has 19 heavy (non-hydrogen) atoms. The molecule has 3 rings (SSSR count). The number of nitrogens with zero attached hydrogens (tertiary/aromatic N) is 2. The van der Waals surface area contributed by atoms with Crippen molar-refractivity contribution >= 4 is 11.6 Å². The van der Waals surface area contributed by atoms with Crippen LogP contribution < -0.4 is 15.4 Å². The van der Waals surface area contributed by atoms with Crippen LogP contribution in [0.2, 0.25) is 0 Å². The second-order valence-corrected chi connectivity index (χ2v) is 5.21. The Morgan fingerprint density at radius 3 is 2.89 bits per heavy atom. The number of fused-ring (bicyclic) bond motifs is 1. The summed E-state index contributed by atoms with van der Waals surface area (Å²) in [6, 6.07) is 7.56. The Morgan fingerprint density at radius 1 is 1.53 bits per heavy atom. The molecule has 1 aromatic rings. The van der Waals surface area contributed by atoms with Crippen molar-refractivity contribution in [2.45, 2.75) is 18.9 Å². The second-order valence-electron chi connectivity index (χ2n) is 5.21. The van der Waals surface area contributed by atoms with Gasteiger partial charge in [0.15, 0.2) is 6.61 Å². The molecular formula is C14H15N3O2. The number of nitriles is 1. The molecule has 0 spiro atoms. The summed E-state index contributed by atoms with van der Waals surface area (Å²) in [6.07, 6.45) is 1.68. The number of nitrogens with two attached hydrogens (primary N) is 1. The van der Waals surface area contributed by atoms with Gasteiger partial charge in [-0.2, -0.15) is 5.26 Å². The molecule has 5 heteroatoms. The third-order valence-corrected chi connectivity index (χ3v) is 4.04. The number of amides is 1. The predicted octanol–water partition coefficient (Wildman–Crippen LogP) is 1.35. The number of anilines is 1. The minimum Gasteiger partial charge on any atom is -0.482 e. The van der Waals surface area contributed by atoms with E-state index in [1.807, 2.05) is 18.2 Å². The van der Waals surface area contributed by atoms with Gasteiger partial charge < -0.3 is 15.4 Å². The van der Waals surface area contributed by atoms with Gasteiger partial charge in [-0.05, 0) is 30.5 Å². The van der Waals surface area contributed by atoms with Crippen LogP contribution in [0.4, 0.5) is 5.69 Å². The quantitative estimate of drug-likeness (QED) is 0.867. The van der Waals surface area contributed by atoms with Crippen molar-refractivity contribution in [1.82, 2.24) is 0 Å². The van der Waals surface area contributed by atoms with Crippen LogP contribution in [0.15, 0.2) is 18.2 Å². The molecule has 1 unspecified atom stereocenters. The fraction of sp³-hybridized carbons (Fsp3) is 0.429. The van der Waals surface area contributed by atoms with E-state index >= 15 is 0 Å². The highest BCUT2D eigenvalue weighted by Gasteiger charge is 2.49. The first-order valence-electron chi connectivity index (χ1n) is 6.27. The normalized spacial score (nSPS) is 21.1. The van der Waals surface area contributed by atoms with E-state index in [0.717, 1.165) is 24.1 Å². The predicted molar refractivity (Wildman–Crippen MR) is 69.6 cm³/mol. The van der Waals surface area contributed by atoms with E-state index in [9.17, 15) is 10.1 Å². The number of benzene rings is 1. The third-order valence-electron chi connectivity index (χ3n) is 4.04. The number of ether oxygens (including phenoxy) is 1. The maximum absolute atomic E-state index is 11.6. The summed E-state index contributed by atoms with van der Waals surface area (Å²) in [4.78, 5) is 13.2. The van der Waals surface area contributed by atoms with Crippen LogP contribution in [0, 0.1) is 16.7 Å². The maximum Gasteiger partial charge on any atom is 0.264 e. The van der Waals surface area contributed by atoms with Gasteiger partial charge >= 0.3 is 0 Å². The van der Waals surface area contributed by atoms with Crippen LogP contribution in [0.1, 0.15) is 24.4 Å². The van der Waals surface area contributed by atoms with E-state index in [1.54, 1.807) is 11.9 Å². The number of likely N-dealkylation sites (N-methyl/N-ethyl adjacent to an activating group) is 1. The zero-order chi connectivity index (χ0) is 13.6. The molecule has 1 fully saturated rings. The molecule has 2 N–H and O–H groups in total. The Bertz CT molecular complexity index is 587. The van der Waals surface area contributed by atoms with E-state index < -0.39 is 5.41 Å². The van der Waals surface area contributed by atoms with Crippen molar-refractivity contribution in [3.63, 3.8) is 0 Å². The molecule has 0 radical (unpaired) electrons. The van der Waals surface area contributed by atoms with Gasteiger partial charge in [-0.1, -0.05) is 6.07 Å². The van der Waals surface area contributed by atoms with Crippen LogP contribution in [-0.4, -0.2) is 19.6 Å². The van der Waals surface area contributed by atoms with Crippen LogP contribution in [0.25, 0.3) is 0 Å². The fourth-order valence-corrected chi connectivity index (χ4v) is 2.43. The molecule has 1 aliphatic carbocycles. The zero-order valence-electron chi connectivity index (χ0n) is 10.7. The second kappa shape index (κ2) is 3.97. The molecule has 0 aromatic heterocycles. The molecule has 1 heterocycles. The molecule has 2 aliphatic rings. The van der Waals surface area contributed by atoms with Gasteiger partial charge in [-0.3, -0.25) is 4.79 Å². The largest absolute Gasteiger partial charge is 0.482 e. The van der Waals surface area contributed by atoms with Crippen molar-refractivity contribution < 1.29 is 9.53 Å². The van der Waals surface area contributed by atoms with E-state index in [2.05, 4.69) is 6.07 Å². The van der Waals surface area contributed by atoms with Crippen molar-refractivity contribution in [3.05, 3.63) is 23.8 Å². The summed E-state index contributed by atoms with van der Waals surface area (Å²) < 4.78 is 5.37. The van der Waals surface area contributed by atoms with Crippen molar-refractivity contribution in [3.8, 4) is 11.8 Å². The minimum absolute atomic E-state index is 0.0665. The summed E-state index contributed by atoms with van der Waals surface area (Å²) in [5.41, 5.74) is 7.37. The average Bonchev–Trinajstić information content (AvgIpc) is 3.23. The minimum atomic E-state index is -0.424. The Kier molecular flexibility index (Phi) is 2.51. The van der Waals surface area contributed by atoms with Crippen LogP contribution >= 0.6 is 0 Å². The SMILES string of the molecule is CN1C(=O)COc2ccc(C(N)C3(C#N)CC3)cc21. The Labute approximate surface area is 111 Å². The van der Waals surface area contributed by atoms with E-state index in [-0.39, 0.29) is 18.6 Å². The molecule has 0 saturated heterocycles. The highest BCUT2D eigenvalue weighted by atomic mass is 16.5. The monoisotopic (exact) mass is 257 g/mol. The average molecular weight is 257 g/mol. The Balaban J connectivity index is 1.98. The van der Waals surface area contributed by atoms with Gasteiger partial charge in [0.1, 0.15) is 5.75 Å². The lowest BCUT2D eigenvalue weighted by Crippen LogP contribution is -2.35. The Morgan fingerprint density at radius 2 is 2.26 bits per heavy atom. The molecule has 98 valence electrons. The van der Waals surface area contributed by atoms with Gasteiger partial charge in [-0.25, -0.2) is 0 Å². The van der Waals surface area contributed by atoms with Crippen LogP contribution in [-0.2, 0) is 4.79 Å². The lowest BCUT2D eigenvalue weighted by molar-refractivity contribution is -0.120. The summed E-state index contributed by atoms with van der Waals surface area (Å²) in [5, 5.41) is 9.20. The third kappa shape index (κ3) is 1.76. The van der Waals surface area contributed by atoms with E-state index in [4.69, 9.17) is 10.5 Å². The first kappa shape index (κ1) is 12.0. The van der Waals surface area contributed by atoms with Crippen molar-refractivity contribution in [2.24, 2.45) is 11.1 Å². The molecule has 1 aliphatic heterocycles. The van der Waals surface area contributed by atoms with Crippen molar-refractivity contribution in [1.29, 1.82) is 5.26 Å². The highest BCUT2D eigenvalue weighted by molar-refractivity contribution is 5.97. The summed E-state index contributed by atoms with van der Waals surface area (Å²) in [7, 11) is 1.72. The van der Waals surface area contributed by atoms with Gasteiger partial charge in [0.05, 0.1) is 17.2 Å². The van der Waals surface area contributed by atoms with Gasteiger partial charge in [0.25, 0.3) is 5.91 Å². The number of hydrogen-bond acceptors (Lipinski definition) is 4. The van der Waals surface area contributed by atoms with Crippen LogP contribution in [0.3, 0.4) is 0 Å². The van der Waals surface area contributed by atoms with E-state index in [1.165, 1.54) is 0 Å². The first-order chi connectivity index (χ1) is 9.07. The molecular weight excluding hydrogens is 242 g/mol. The molecule has 1 amide bonds. The number of rotatable bonds is 2. The zero-order valence-corrected chi connectivity index (χ0v) is 10.7. The molecule has 5 nitrogen and oxygen atoms in total. The number of carbonyl (C=O) groups is 1. The summed E-state index contributed by atoms with van der Waals surface area (Å²) in [6.45, 7) is 0.0665. The molecule has 0 bridgehead atoms. The summed E-state index contributed by atoms with van der Waals surface area (Å²) >= 11 is 0. The Hall–Kier alpha value is -2.06. The summed E-state index contributed by atoms with van der Waals surface area (Å²) in [5.74, 6) is 0.597.